The maximum absolute atomic E-state index is 13.3. The van der Waals surface area contributed by atoms with Gasteiger partial charge in [0.1, 0.15) is 5.84 Å². The normalized spacial score (nSPS) is 18.6. The Bertz CT molecular complexity index is 824. The molecule has 2 aromatic rings. The van der Waals surface area contributed by atoms with Crippen LogP contribution in [0.5, 0.6) is 0 Å². The van der Waals surface area contributed by atoms with Gasteiger partial charge < -0.3 is 4.90 Å². The van der Waals surface area contributed by atoms with Crippen LogP contribution in [0.15, 0.2) is 29.8 Å². The number of amidine groups is 1. The van der Waals surface area contributed by atoms with Crippen molar-refractivity contribution in [1.82, 2.24) is 9.88 Å². The predicted octanol–water partition coefficient (Wildman–Crippen LogP) is 4.74. The molecule has 5 heteroatoms. The molecule has 1 atom stereocenters. The minimum Gasteiger partial charge on any atom is -0.342 e. The van der Waals surface area contributed by atoms with E-state index in [9.17, 15) is 4.79 Å². The summed E-state index contributed by atoms with van der Waals surface area (Å²) in [6, 6.07) is 6.09. The van der Waals surface area contributed by atoms with E-state index in [1.165, 1.54) is 43.2 Å². The number of Topliss-reactive ketones (excluding diaryl/α,β-unsaturated/α-hetero) is 1. The molecule has 4 nitrogen and oxygen atoms in total. The smallest absolute Gasteiger partial charge is 0.162 e. The molecule has 0 saturated heterocycles. The first-order chi connectivity index (χ1) is 13.1. The minimum atomic E-state index is -0.211. The fourth-order valence-electron chi connectivity index (χ4n) is 4.51. The predicted molar refractivity (Wildman–Crippen MR) is 109 cm³/mol. The van der Waals surface area contributed by atoms with Crippen molar-refractivity contribution in [2.45, 2.75) is 64.5 Å². The van der Waals surface area contributed by atoms with E-state index >= 15 is 0 Å². The molecule has 1 aliphatic heterocycles. The first-order valence-electron chi connectivity index (χ1n) is 9.98. The highest BCUT2D eigenvalue weighted by molar-refractivity contribution is 7.09. The molecule has 27 heavy (non-hydrogen) atoms. The number of aryl methyl sites for hydroxylation is 1. The zero-order valence-corrected chi connectivity index (χ0v) is 16.7. The minimum absolute atomic E-state index is 0.211. The second kappa shape index (κ2) is 7.93. The lowest BCUT2D eigenvalue weighted by atomic mass is 9.83. The molecule has 1 N–H and O–H groups in total. The molecule has 0 bridgehead atoms. The van der Waals surface area contributed by atoms with Crippen LogP contribution in [-0.2, 0) is 17.8 Å². The zero-order valence-electron chi connectivity index (χ0n) is 15.9. The molecule has 0 radical (unpaired) electrons. The van der Waals surface area contributed by atoms with Gasteiger partial charge in [0.15, 0.2) is 5.78 Å². The number of ketones is 1. The van der Waals surface area contributed by atoms with E-state index in [-0.39, 0.29) is 11.8 Å². The lowest BCUT2D eigenvalue weighted by Gasteiger charge is -2.32. The fourth-order valence-corrected chi connectivity index (χ4v) is 5.14. The highest BCUT2D eigenvalue weighted by Crippen LogP contribution is 2.33. The van der Waals surface area contributed by atoms with Gasteiger partial charge in [-0.05, 0) is 30.9 Å². The Balaban J connectivity index is 1.57. The Morgan fingerprint density at radius 3 is 2.89 bits per heavy atom. The molecule has 4 rings (SSSR count). The van der Waals surface area contributed by atoms with Gasteiger partial charge in [-0.25, -0.2) is 4.98 Å². The monoisotopic (exact) mass is 381 g/mol. The third-order valence-corrected chi connectivity index (χ3v) is 6.77. The van der Waals surface area contributed by atoms with Crippen LogP contribution >= 0.6 is 11.3 Å². The average Bonchev–Trinajstić information content (AvgIpc) is 3.29. The summed E-state index contributed by atoms with van der Waals surface area (Å²) in [5.74, 6) is 1.33. The van der Waals surface area contributed by atoms with Crippen LogP contribution in [-0.4, -0.2) is 27.5 Å². The van der Waals surface area contributed by atoms with E-state index in [2.05, 4.69) is 35.0 Å². The van der Waals surface area contributed by atoms with Crippen LogP contribution in [0.2, 0.25) is 0 Å². The number of hydrogen-bond acceptors (Lipinski definition) is 4. The Kier molecular flexibility index (Phi) is 5.39. The van der Waals surface area contributed by atoms with Crippen molar-refractivity contribution >= 4 is 23.0 Å². The summed E-state index contributed by atoms with van der Waals surface area (Å²) in [5.41, 5.74) is 3.32. The van der Waals surface area contributed by atoms with Gasteiger partial charge in [-0.3, -0.25) is 10.2 Å². The van der Waals surface area contributed by atoms with Gasteiger partial charge in [-0.2, -0.15) is 0 Å². The van der Waals surface area contributed by atoms with Gasteiger partial charge in [0, 0.05) is 23.7 Å². The topological polar surface area (TPSA) is 57.1 Å². The van der Waals surface area contributed by atoms with Gasteiger partial charge >= 0.3 is 0 Å². The van der Waals surface area contributed by atoms with Crippen molar-refractivity contribution in [3.8, 4) is 0 Å². The fraction of sp³-hybridized carbons (Fsp3) is 0.500. The van der Waals surface area contributed by atoms with E-state index in [0.717, 1.165) is 17.0 Å². The van der Waals surface area contributed by atoms with Crippen LogP contribution in [0.25, 0.3) is 0 Å². The second-order valence-corrected chi connectivity index (χ2v) is 8.94. The molecular formula is C22H27N3OS. The first kappa shape index (κ1) is 18.4. The van der Waals surface area contributed by atoms with Crippen molar-refractivity contribution in [3.63, 3.8) is 0 Å². The van der Waals surface area contributed by atoms with Gasteiger partial charge in [0.25, 0.3) is 0 Å². The highest BCUT2D eigenvalue weighted by Gasteiger charge is 2.35. The lowest BCUT2D eigenvalue weighted by Crippen LogP contribution is -2.43. The molecule has 142 valence electrons. The summed E-state index contributed by atoms with van der Waals surface area (Å²) >= 11 is 1.54. The van der Waals surface area contributed by atoms with E-state index < -0.39 is 0 Å². The number of hydrogen-bond donors (Lipinski definition) is 1. The molecule has 1 saturated carbocycles. The maximum atomic E-state index is 13.3. The first-order valence-corrected chi connectivity index (χ1v) is 10.9. The van der Waals surface area contributed by atoms with E-state index in [1.54, 1.807) is 17.5 Å². The highest BCUT2D eigenvalue weighted by atomic mass is 32.1. The summed E-state index contributed by atoms with van der Waals surface area (Å²) in [4.78, 5) is 19.6. The summed E-state index contributed by atoms with van der Waals surface area (Å²) in [6.45, 7) is 2.73. The molecule has 1 aromatic carbocycles. The molecule has 1 fully saturated rings. The number of benzene rings is 1. The van der Waals surface area contributed by atoms with Crippen molar-refractivity contribution < 1.29 is 4.79 Å². The number of carbonyl (C=O) groups is 1. The summed E-state index contributed by atoms with van der Waals surface area (Å²) in [7, 11) is 0. The van der Waals surface area contributed by atoms with E-state index in [0.29, 0.717) is 24.7 Å². The molecule has 2 aliphatic rings. The maximum Gasteiger partial charge on any atom is 0.162 e. The Hall–Kier alpha value is -2.01. The number of rotatable bonds is 6. The van der Waals surface area contributed by atoms with Gasteiger partial charge in [0.05, 0.1) is 17.5 Å². The zero-order chi connectivity index (χ0) is 18.8. The quantitative estimate of drug-likeness (QED) is 0.786. The average molecular weight is 382 g/mol. The van der Waals surface area contributed by atoms with Crippen molar-refractivity contribution in [2.24, 2.45) is 5.92 Å². The van der Waals surface area contributed by atoms with Crippen molar-refractivity contribution in [1.29, 1.82) is 5.41 Å². The standard InChI is InChI=1S/C22H27N3OS/c1-15-7-8-17-14-25(22(23)18(17)11-15)19(12-16-5-3-2-4-6-16)20(26)13-21-24-9-10-27-21/h7-11,16,19,23H,2-6,12-14H2,1H3. The SMILES string of the molecule is Cc1ccc2c(c1)C(=N)N(C(CC1CCCCC1)C(=O)Cc1nccs1)C2. The summed E-state index contributed by atoms with van der Waals surface area (Å²) in [5, 5.41) is 11.5. The third-order valence-electron chi connectivity index (χ3n) is 5.99. The van der Waals surface area contributed by atoms with Gasteiger partial charge in [-0.1, -0.05) is 49.8 Å². The Labute approximate surface area is 165 Å². The van der Waals surface area contributed by atoms with Gasteiger partial charge in [0.2, 0.25) is 0 Å². The number of fused-ring (bicyclic) bond motifs is 1. The third kappa shape index (κ3) is 3.98. The molecule has 1 unspecified atom stereocenters. The Morgan fingerprint density at radius 1 is 1.33 bits per heavy atom. The van der Waals surface area contributed by atoms with Crippen LogP contribution < -0.4 is 0 Å². The molecule has 1 aromatic heterocycles. The number of carbonyl (C=O) groups excluding carboxylic acids is 1. The number of thiazole rings is 1. The largest absolute Gasteiger partial charge is 0.342 e. The Morgan fingerprint density at radius 2 is 2.15 bits per heavy atom. The molecule has 0 amide bonds. The number of nitrogens with zero attached hydrogens (tertiary/aromatic N) is 2. The second-order valence-electron chi connectivity index (χ2n) is 7.96. The summed E-state index contributed by atoms with van der Waals surface area (Å²) in [6.07, 6.45) is 9.32. The molecule has 0 spiro atoms. The summed E-state index contributed by atoms with van der Waals surface area (Å²) < 4.78 is 0. The van der Waals surface area contributed by atoms with Crippen LogP contribution in [0.4, 0.5) is 0 Å². The van der Waals surface area contributed by atoms with E-state index in [1.807, 2.05) is 5.38 Å². The van der Waals surface area contributed by atoms with Crippen LogP contribution in [0.3, 0.4) is 0 Å². The van der Waals surface area contributed by atoms with E-state index in [4.69, 9.17) is 5.41 Å². The number of aromatic nitrogens is 1. The molecule has 1 aliphatic carbocycles. The van der Waals surface area contributed by atoms with Gasteiger partial charge in [-0.15, -0.1) is 11.3 Å². The molecular weight excluding hydrogens is 354 g/mol. The lowest BCUT2D eigenvalue weighted by molar-refractivity contribution is -0.123. The van der Waals surface area contributed by atoms with Crippen LogP contribution in [0.1, 0.15) is 60.2 Å². The van der Waals surface area contributed by atoms with Crippen LogP contribution in [0, 0.1) is 18.3 Å². The van der Waals surface area contributed by atoms with Crippen molar-refractivity contribution in [3.05, 3.63) is 51.5 Å². The van der Waals surface area contributed by atoms with Crippen molar-refractivity contribution in [2.75, 3.05) is 0 Å². The number of nitrogens with one attached hydrogen (secondary N) is 1. The molecule has 2 heterocycles.